The highest BCUT2D eigenvalue weighted by Gasteiger charge is 2.06. The second-order valence-electron chi connectivity index (χ2n) is 4.67. The number of nitrogen functional groups attached to an aromatic ring is 1. The molecule has 0 aliphatic rings. The van der Waals surface area contributed by atoms with Gasteiger partial charge in [0.1, 0.15) is 5.82 Å². The summed E-state index contributed by atoms with van der Waals surface area (Å²) in [7, 11) is 0. The number of aromatic nitrogens is 1. The van der Waals surface area contributed by atoms with Gasteiger partial charge in [0.15, 0.2) is 0 Å². The molecule has 0 saturated heterocycles. The monoisotopic (exact) mass is 319 g/mol. The molecule has 100 valence electrons. The van der Waals surface area contributed by atoms with Crippen LogP contribution in [-0.4, -0.2) is 11.5 Å². The van der Waals surface area contributed by atoms with E-state index < -0.39 is 0 Å². The van der Waals surface area contributed by atoms with Gasteiger partial charge in [-0.2, -0.15) is 0 Å². The second kappa shape index (κ2) is 6.06. The molecule has 0 atom stereocenters. The van der Waals surface area contributed by atoms with Gasteiger partial charge in [0.2, 0.25) is 0 Å². The molecule has 0 saturated carbocycles. The van der Waals surface area contributed by atoms with Gasteiger partial charge in [-0.3, -0.25) is 0 Å². The maximum Gasteiger partial charge on any atom is 0.140 e. The lowest BCUT2D eigenvalue weighted by atomic mass is 10.1. The molecule has 0 spiro atoms. The largest absolute Gasteiger partial charge is 0.397 e. The highest BCUT2D eigenvalue weighted by Crippen LogP contribution is 2.27. The molecule has 1 heterocycles. The Morgan fingerprint density at radius 1 is 1.32 bits per heavy atom. The molecule has 0 fully saturated rings. The van der Waals surface area contributed by atoms with E-state index in [-0.39, 0.29) is 0 Å². The van der Waals surface area contributed by atoms with Crippen LogP contribution in [0, 0.1) is 13.8 Å². The van der Waals surface area contributed by atoms with Crippen molar-refractivity contribution in [2.45, 2.75) is 20.3 Å². The maximum atomic E-state index is 5.81. The van der Waals surface area contributed by atoms with Crippen LogP contribution in [0.2, 0.25) is 0 Å². The Balaban J connectivity index is 1.98. The summed E-state index contributed by atoms with van der Waals surface area (Å²) in [4.78, 5) is 4.30. The number of anilines is 2. The van der Waals surface area contributed by atoms with Crippen molar-refractivity contribution in [2.75, 3.05) is 17.6 Å². The van der Waals surface area contributed by atoms with Crippen LogP contribution in [0.15, 0.2) is 34.9 Å². The molecule has 0 unspecified atom stereocenters. The summed E-state index contributed by atoms with van der Waals surface area (Å²) in [6, 6.07) is 8.55. The van der Waals surface area contributed by atoms with E-state index in [4.69, 9.17) is 5.73 Å². The Morgan fingerprint density at radius 3 is 2.84 bits per heavy atom. The standard InChI is InChI=1S/C15H18BrN3/c1-10-4-3-5-12(8-10)6-7-18-15-14(16)11(2)13(17)9-19-15/h3-5,8-9H,6-7,17H2,1-2H3,(H,18,19). The molecule has 4 heteroatoms. The van der Waals surface area contributed by atoms with Crippen molar-refractivity contribution in [1.29, 1.82) is 0 Å². The first kappa shape index (κ1) is 13.9. The molecule has 2 aromatic rings. The summed E-state index contributed by atoms with van der Waals surface area (Å²) >= 11 is 3.52. The molecule has 2 rings (SSSR count). The number of aryl methyl sites for hydroxylation is 1. The topological polar surface area (TPSA) is 50.9 Å². The minimum Gasteiger partial charge on any atom is -0.397 e. The van der Waals surface area contributed by atoms with E-state index in [9.17, 15) is 0 Å². The van der Waals surface area contributed by atoms with Gasteiger partial charge < -0.3 is 11.1 Å². The van der Waals surface area contributed by atoms with Crippen LogP contribution in [0.3, 0.4) is 0 Å². The fraction of sp³-hybridized carbons (Fsp3) is 0.267. The number of nitrogens with two attached hydrogens (primary N) is 1. The SMILES string of the molecule is Cc1cccc(CCNc2ncc(N)c(C)c2Br)c1. The summed E-state index contributed by atoms with van der Waals surface area (Å²) in [5.41, 5.74) is 10.2. The average Bonchev–Trinajstić information content (AvgIpc) is 2.39. The molecule has 3 N–H and O–H groups in total. The van der Waals surface area contributed by atoms with Crippen LogP contribution in [0.4, 0.5) is 11.5 Å². The molecule has 0 amide bonds. The van der Waals surface area contributed by atoms with Gasteiger partial charge >= 0.3 is 0 Å². The molecule has 0 aliphatic heterocycles. The van der Waals surface area contributed by atoms with Crippen LogP contribution < -0.4 is 11.1 Å². The number of nitrogens with one attached hydrogen (secondary N) is 1. The van der Waals surface area contributed by atoms with Crippen molar-refractivity contribution < 1.29 is 0 Å². The third-order valence-corrected chi connectivity index (χ3v) is 4.06. The van der Waals surface area contributed by atoms with Crippen LogP contribution in [0.1, 0.15) is 16.7 Å². The van der Waals surface area contributed by atoms with E-state index in [2.05, 4.69) is 57.4 Å². The van der Waals surface area contributed by atoms with Crippen molar-refractivity contribution in [3.05, 3.63) is 51.6 Å². The van der Waals surface area contributed by atoms with Gasteiger partial charge in [-0.1, -0.05) is 29.8 Å². The number of pyridine rings is 1. The molecular weight excluding hydrogens is 302 g/mol. The van der Waals surface area contributed by atoms with Gasteiger partial charge in [-0.05, 0) is 47.3 Å². The normalized spacial score (nSPS) is 10.5. The zero-order valence-corrected chi connectivity index (χ0v) is 12.8. The summed E-state index contributed by atoms with van der Waals surface area (Å²) in [6.07, 6.45) is 2.66. The van der Waals surface area contributed by atoms with Crippen molar-refractivity contribution in [1.82, 2.24) is 4.98 Å². The van der Waals surface area contributed by atoms with E-state index in [0.717, 1.165) is 28.8 Å². The highest BCUT2D eigenvalue weighted by molar-refractivity contribution is 9.10. The number of hydrogen-bond acceptors (Lipinski definition) is 3. The van der Waals surface area contributed by atoms with E-state index in [1.54, 1.807) is 6.20 Å². The number of hydrogen-bond donors (Lipinski definition) is 2. The van der Waals surface area contributed by atoms with E-state index in [1.165, 1.54) is 11.1 Å². The van der Waals surface area contributed by atoms with Gasteiger partial charge in [-0.15, -0.1) is 0 Å². The number of benzene rings is 1. The van der Waals surface area contributed by atoms with Crippen molar-refractivity contribution in [3.63, 3.8) is 0 Å². The van der Waals surface area contributed by atoms with Gasteiger partial charge in [0, 0.05) is 6.54 Å². The van der Waals surface area contributed by atoms with Crippen LogP contribution in [0.5, 0.6) is 0 Å². The summed E-state index contributed by atoms with van der Waals surface area (Å²) in [5.74, 6) is 0.847. The van der Waals surface area contributed by atoms with Crippen LogP contribution in [-0.2, 0) is 6.42 Å². The average molecular weight is 320 g/mol. The molecular formula is C15H18BrN3. The highest BCUT2D eigenvalue weighted by atomic mass is 79.9. The van der Waals surface area contributed by atoms with Crippen molar-refractivity contribution in [3.8, 4) is 0 Å². The number of rotatable bonds is 4. The summed E-state index contributed by atoms with van der Waals surface area (Å²) in [5, 5.41) is 3.34. The Kier molecular flexibility index (Phi) is 4.43. The predicted octanol–water partition coefficient (Wildman–Crippen LogP) is 3.70. The fourth-order valence-corrected chi connectivity index (χ4v) is 2.38. The van der Waals surface area contributed by atoms with Gasteiger partial charge in [-0.25, -0.2) is 4.98 Å². The predicted molar refractivity (Wildman–Crippen MR) is 84.5 cm³/mol. The lowest BCUT2D eigenvalue weighted by Crippen LogP contribution is -2.08. The Bertz CT molecular complexity index is 582. The molecule has 1 aromatic carbocycles. The van der Waals surface area contributed by atoms with E-state index >= 15 is 0 Å². The first-order chi connectivity index (χ1) is 9.08. The quantitative estimate of drug-likeness (QED) is 0.903. The zero-order valence-electron chi connectivity index (χ0n) is 11.2. The third-order valence-electron chi connectivity index (χ3n) is 3.09. The molecule has 19 heavy (non-hydrogen) atoms. The smallest absolute Gasteiger partial charge is 0.140 e. The number of nitrogens with zero attached hydrogens (tertiary/aromatic N) is 1. The van der Waals surface area contributed by atoms with Crippen molar-refractivity contribution in [2.24, 2.45) is 0 Å². The Morgan fingerprint density at radius 2 is 2.11 bits per heavy atom. The summed E-state index contributed by atoms with van der Waals surface area (Å²) in [6.45, 7) is 4.93. The van der Waals surface area contributed by atoms with Crippen LogP contribution in [0.25, 0.3) is 0 Å². The van der Waals surface area contributed by atoms with Gasteiger partial charge in [0.25, 0.3) is 0 Å². The lowest BCUT2D eigenvalue weighted by Gasteiger charge is -2.11. The number of halogens is 1. The Labute approximate surface area is 122 Å². The minimum absolute atomic E-state index is 0.705. The first-order valence-corrected chi connectivity index (χ1v) is 7.07. The third kappa shape index (κ3) is 3.47. The van der Waals surface area contributed by atoms with Gasteiger partial charge in [0.05, 0.1) is 16.4 Å². The van der Waals surface area contributed by atoms with Crippen LogP contribution >= 0.6 is 15.9 Å². The lowest BCUT2D eigenvalue weighted by molar-refractivity contribution is 1.000. The Hall–Kier alpha value is -1.55. The molecule has 0 aliphatic carbocycles. The maximum absolute atomic E-state index is 5.81. The van der Waals surface area contributed by atoms with E-state index in [0.29, 0.717) is 5.69 Å². The zero-order chi connectivity index (χ0) is 13.8. The molecule has 0 radical (unpaired) electrons. The molecule has 0 bridgehead atoms. The molecule has 3 nitrogen and oxygen atoms in total. The van der Waals surface area contributed by atoms with Crippen molar-refractivity contribution >= 4 is 27.4 Å². The fourth-order valence-electron chi connectivity index (χ4n) is 1.91. The minimum atomic E-state index is 0.705. The summed E-state index contributed by atoms with van der Waals surface area (Å²) < 4.78 is 0.941. The second-order valence-corrected chi connectivity index (χ2v) is 5.46. The van der Waals surface area contributed by atoms with E-state index in [1.807, 2.05) is 6.92 Å². The first-order valence-electron chi connectivity index (χ1n) is 6.28. The molecule has 1 aromatic heterocycles.